The van der Waals surface area contributed by atoms with Crippen molar-refractivity contribution in [3.8, 4) is 0 Å². The second-order valence-electron chi connectivity index (χ2n) is 5.39. The number of ether oxygens (including phenoxy) is 1. The quantitative estimate of drug-likeness (QED) is 0.617. The van der Waals surface area contributed by atoms with E-state index >= 15 is 0 Å². The fourth-order valence-electron chi connectivity index (χ4n) is 1.46. The van der Waals surface area contributed by atoms with Crippen molar-refractivity contribution in [3.05, 3.63) is 0 Å². The van der Waals surface area contributed by atoms with E-state index in [0.717, 1.165) is 0 Å². The van der Waals surface area contributed by atoms with Gasteiger partial charge in [0.15, 0.2) is 0 Å². The van der Waals surface area contributed by atoms with E-state index in [0.29, 0.717) is 13.2 Å². The average molecular weight is 230 g/mol. The molecule has 5 heteroatoms. The van der Waals surface area contributed by atoms with Gasteiger partial charge < -0.3 is 20.9 Å². The van der Waals surface area contributed by atoms with Crippen molar-refractivity contribution < 1.29 is 14.6 Å². The third-order valence-corrected chi connectivity index (χ3v) is 3.52. The first-order chi connectivity index (χ1) is 7.20. The zero-order valence-electron chi connectivity index (χ0n) is 10.4. The SMILES string of the molecule is CC(O)C(C)(C)NC(=O)C1(C)COCC1N. The zero-order valence-corrected chi connectivity index (χ0v) is 10.4. The zero-order chi connectivity index (χ0) is 12.6. The van der Waals surface area contributed by atoms with E-state index in [2.05, 4.69) is 5.32 Å². The van der Waals surface area contributed by atoms with Gasteiger partial charge in [-0.15, -0.1) is 0 Å². The lowest BCUT2D eigenvalue weighted by Crippen LogP contribution is -2.58. The highest BCUT2D eigenvalue weighted by atomic mass is 16.5. The van der Waals surface area contributed by atoms with Crippen LogP contribution < -0.4 is 11.1 Å². The monoisotopic (exact) mass is 230 g/mol. The van der Waals surface area contributed by atoms with Crippen molar-refractivity contribution in [2.75, 3.05) is 13.2 Å². The number of rotatable bonds is 3. The Hall–Kier alpha value is -0.650. The number of carbonyl (C=O) groups is 1. The van der Waals surface area contributed by atoms with E-state index in [1.807, 2.05) is 0 Å². The molecule has 3 atom stereocenters. The molecular formula is C11H22N2O3. The Morgan fingerprint density at radius 2 is 2.25 bits per heavy atom. The summed E-state index contributed by atoms with van der Waals surface area (Å²) in [5, 5.41) is 12.4. The van der Waals surface area contributed by atoms with Gasteiger partial charge in [-0.3, -0.25) is 4.79 Å². The van der Waals surface area contributed by atoms with E-state index in [-0.39, 0.29) is 11.9 Å². The molecule has 0 spiro atoms. The molecule has 0 aromatic heterocycles. The molecular weight excluding hydrogens is 208 g/mol. The lowest BCUT2D eigenvalue weighted by atomic mass is 9.83. The second kappa shape index (κ2) is 4.31. The van der Waals surface area contributed by atoms with Crippen molar-refractivity contribution in [1.29, 1.82) is 0 Å². The van der Waals surface area contributed by atoms with Gasteiger partial charge in [0.2, 0.25) is 5.91 Å². The van der Waals surface area contributed by atoms with Crippen LogP contribution in [0.1, 0.15) is 27.7 Å². The summed E-state index contributed by atoms with van der Waals surface area (Å²) in [4.78, 5) is 12.1. The Morgan fingerprint density at radius 1 is 1.69 bits per heavy atom. The summed E-state index contributed by atoms with van der Waals surface area (Å²) in [7, 11) is 0. The van der Waals surface area contributed by atoms with Crippen LogP contribution in [0, 0.1) is 5.41 Å². The fraction of sp³-hybridized carbons (Fsp3) is 0.909. The Bertz CT molecular complexity index is 278. The standard InChI is InChI=1S/C11H22N2O3/c1-7(14)10(2,3)13-9(15)11(4)6-16-5-8(11)12/h7-8,14H,5-6,12H2,1-4H3,(H,13,15). The number of nitrogens with two attached hydrogens (primary N) is 1. The molecule has 0 aliphatic carbocycles. The van der Waals surface area contributed by atoms with Gasteiger partial charge in [-0.25, -0.2) is 0 Å². The number of nitrogens with one attached hydrogen (secondary N) is 1. The highest BCUT2D eigenvalue weighted by molar-refractivity contribution is 5.84. The van der Waals surface area contributed by atoms with Crippen LogP contribution in [0.15, 0.2) is 0 Å². The highest BCUT2D eigenvalue weighted by Crippen LogP contribution is 2.28. The topological polar surface area (TPSA) is 84.6 Å². The minimum atomic E-state index is -0.702. The smallest absolute Gasteiger partial charge is 0.230 e. The Labute approximate surface area is 96.3 Å². The van der Waals surface area contributed by atoms with E-state index < -0.39 is 17.1 Å². The minimum Gasteiger partial charge on any atom is -0.391 e. The molecule has 94 valence electrons. The van der Waals surface area contributed by atoms with Crippen molar-refractivity contribution in [3.63, 3.8) is 0 Å². The van der Waals surface area contributed by atoms with E-state index in [9.17, 15) is 9.90 Å². The molecule has 1 rings (SSSR count). The first-order valence-corrected chi connectivity index (χ1v) is 5.54. The molecule has 0 bridgehead atoms. The molecule has 1 aliphatic heterocycles. The summed E-state index contributed by atoms with van der Waals surface area (Å²) < 4.78 is 5.22. The third-order valence-electron chi connectivity index (χ3n) is 3.52. The van der Waals surface area contributed by atoms with Crippen LogP contribution in [-0.2, 0) is 9.53 Å². The maximum Gasteiger partial charge on any atom is 0.230 e. The average Bonchev–Trinajstić information content (AvgIpc) is 2.47. The lowest BCUT2D eigenvalue weighted by molar-refractivity contribution is -0.133. The highest BCUT2D eigenvalue weighted by Gasteiger charge is 2.46. The first kappa shape index (κ1) is 13.4. The van der Waals surface area contributed by atoms with Gasteiger partial charge in [0.1, 0.15) is 0 Å². The second-order valence-corrected chi connectivity index (χ2v) is 5.39. The van der Waals surface area contributed by atoms with E-state index in [1.54, 1.807) is 27.7 Å². The summed E-state index contributed by atoms with van der Waals surface area (Å²) in [5.74, 6) is -0.164. The van der Waals surface area contributed by atoms with Crippen LogP contribution in [-0.4, -0.2) is 41.9 Å². The molecule has 1 fully saturated rings. The van der Waals surface area contributed by atoms with Crippen LogP contribution in [0.3, 0.4) is 0 Å². The number of carbonyl (C=O) groups excluding carboxylic acids is 1. The molecule has 5 nitrogen and oxygen atoms in total. The summed E-state index contributed by atoms with van der Waals surface area (Å²) in [6.45, 7) is 7.72. The number of hydrogen-bond donors (Lipinski definition) is 3. The summed E-state index contributed by atoms with van der Waals surface area (Å²) in [5.41, 5.74) is 4.49. The van der Waals surface area contributed by atoms with Crippen LogP contribution in [0.2, 0.25) is 0 Å². The molecule has 0 aromatic rings. The van der Waals surface area contributed by atoms with Gasteiger partial charge in [-0.05, 0) is 27.7 Å². The molecule has 1 saturated heterocycles. The molecule has 0 saturated carbocycles. The Balaban J connectivity index is 2.72. The van der Waals surface area contributed by atoms with Gasteiger partial charge in [0.05, 0.1) is 30.3 Å². The van der Waals surface area contributed by atoms with Crippen molar-refractivity contribution in [2.24, 2.45) is 11.1 Å². The number of aliphatic hydroxyl groups is 1. The van der Waals surface area contributed by atoms with Gasteiger partial charge in [-0.2, -0.15) is 0 Å². The molecule has 0 aromatic carbocycles. The molecule has 4 N–H and O–H groups in total. The summed E-state index contributed by atoms with van der Waals surface area (Å²) in [6.07, 6.45) is -0.626. The van der Waals surface area contributed by atoms with Gasteiger partial charge in [0, 0.05) is 6.04 Å². The Kier molecular flexibility index (Phi) is 3.62. The van der Waals surface area contributed by atoms with Gasteiger partial charge in [-0.1, -0.05) is 0 Å². The fourth-order valence-corrected chi connectivity index (χ4v) is 1.46. The predicted octanol–water partition coefficient (Wildman–Crippen LogP) is -0.374. The van der Waals surface area contributed by atoms with Crippen molar-refractivity contribution in [1.82, 2.24) is 5.32 Å². The lowest BCUT2D eigenvalue weighted by Gasteiger charge is -2.34. The Morgan fingerprint density at radius 3 is 2.62 bits per heavy atom. The molecule has 1 heterocycles. The maximum absolute atomic E-state index is 12.1. The minimum absolute atomic E-state index is 0.164. The van der Waals surface area contributed by atoms with Crippen molar-refractivity contribution in [2.45, 2.75) is 45.4 Å². The largest absolute Gasteiger partial charge is 0.391 e. The molecule has 1 aliphatic rings. The van der Waals surface area contributed by atoms with Crippen LogP contribution in [0.4, 0.5) is 0 Å². The van der Waals surface area contributed by atoms with Gasteiger partial charge in [0.25, 0.3) is 0 Å². The summed E-state index contributed by atoms with van der Waals surface area (Å²) in [6, 6.07) is -0.294. The van der Waals surface area contributed by atoms with Gasteiger partial charge >= 0.3 is 0 Å². The van der Waals surface area contributed by atoms with Crippen LogP contribution >= 0.6 is 0 Å². The van der Waals surface area contributed by atoms with E-state index in [4.69, 9.17) is 10.5 Å². The molecule has 1 amide bonds. The number of hydrogen-bond acceptors (Lipinski definition) is 4. The van der Waals surface area contributed by atoms with Crippen molar-refractivity contribution >= 4 is 5.91 Å². The molecule has 16 heavy (non-hydrogen) atoms. The normalized spacial score (nSPS) is 32.5. The molecule has 0 radical (unpaired) electrons. The number of aliphatic hydroxyl groups excluding tert-OH is 1. The third kappa shape index (κ3) is 2.36. The van der Waals surface area contributed by atoms with E-state index in [1.165, 1.54) is 0 Å². The van der Waals surface area contributed by atoms with Crippen LogP contribution in [0.25, 0.3) is 0 Å². The molecule has 3 unspecified atom stereocenters. The summed E-state index contributed by atoms with van der Waals surface area (Å²) >= 11 is 0. The van der Waals surface area contributed by atoms with Crippen LogP contribution in [0.5, 0.6) is 0 Å². The number of amides is 1. The maximum atomic E-state index is 12.1. The first-order valence-electron chi connectivity index (χ1n) is 5.54. The predicted molar refractivity (Wildman–Crippen MR) is 60.8 cm³/mol.